The van der Waals surface area contributed by atoms with Crippen molar-refractivity contribution < 1.29 is 17.9 Å². The maximum absolute atomic E-state index is 12.8. The van der Waals surface area contributed by atoms with Crippen molar-refractivity contribution in [3.8, 4) is 5.88 Å². The van der Waals surface area contributed by atoms with Crippen LogP contribution in [0.15, 0.2) is 34.9 Å². The predicted molar refractivity (Wildman–Crippen MR) is 75.8 cm³/mol. The standard InChI is InChI=1S/C13H11BrF3N3O/c1-20(9-5-3-8(14)4-6-9)12-18-7-10(13(15,16)17)11(19-12)21-2/h3-7H,1-2H3. The monoisotopic (exact) mass is 361 g/mol. The van der Waals surface area contributed by atoms with Gasteiger partial charge in [-0.2, -0.15) is 18.2 Å². The summed E-state index contributed by atoms with van der Waals surface area (Å²) in [5.74, 6) is -0.390. The zero-order chi connectivity index (χ0) is 15.6. The summed E-state index contributed by atoms with van der Waals surface area (Å²) in [6.45, 7) is 0. The van der Waals surface area contributed by atoms with Crippen molar-refractivity contribution in [2.45, 2.75) is 6.18 Å². The Morgan fingerprint density at radius 3 is 2.33 bits per heavy atom. The van der Waals surface area contributed by atoms with Crippen molar-refractivity contribution in [2.75, 3.05) is 19.1 Å². The van der Waals surface area contributed by atoms with Gasteiger partial charge in [0.2, 0.25) is 11.8 Å². The Balaban J connectivity index is 2.38. The van der Waals surface area contributed by atoms with E-state index in [1.165, 1.54) is 0 Å². The van der Waals surface area contributed by atoms with E-state index in [1.807, 2.05) is 12.1 Å². The van der Waals surface area contributed by atoms with E-state index in [0.717, 1.165) is 23.5 Å². The normalized spacial score (nSPS) is 11.3. The highest BCUT2D eigenvalue weighted by Crippen LogP contribution is 2.35. The van der Waals surface area contributed by atoms with E-state index in [0.29, 0.717) is 0 Å². The average Bonchev–Trinajstić information content (AvgIpc) is 2.45. The van der Waals surface area contributed by atoms with Crippen molar-refractivity contribution in [1.29, 1.82) is 0 Å². The van der Waals surface area contributed by atoms with Gasteiger partial charge in [0.25, 0.3) is 0 Å². The molecule has 21 heavy (non-hydrogen) atoms. The number of nitrogens with zero attached hydrogens (tertiary/aromatic N) is 3. The second kappa shape index (κ2) is 5.88. The largest absolute Gasteiger partial charge is 0.480 e. The van der Waals surface area contributed by atoms with Crippen molar-refractivity contribution >= 4 is 27.6 Å². The molecule has 1 aromatic carbocycles. The Bertz CT molecular complexity index is 632. The number of benzene rings is 1. The van der Waals surface area contributed by atoms with E-state index in [-0.39, 0.29) is 5.95 Å². The van der Waals surface area contributed by atoms with Gasteiger partial charge in [-0.15, -0.1) is 0 Å². The zero-order valence-electron chi connectivity index (χ0n) is 11.1. The quantitative estimate of drug-likeness (QED) is 0.826. The van der Waals surface area contributed by atoms with Crippen LogP contribution in [0, 0.1) is 0 Å². The van der Waals surface area contributed by atoms with Crippen LogP contribution < -0.4 is 9.64 Å². The summed E-state index contributed by atoms with van der Waals surface area (Å²) in [6.07, 6.45) is -3.84. The molecular formula is C13H11BrF3N3O. The molecule has 2 aromatic rings. The lowest BCUT2D eigenvalue weighted by molar-refractivity contribution is -0.139. The van der Waals surface area contributed by atoms with Gasteiger partial charge in [0.15, 0.2) is 0 Å². The van der Waals surface area contributed by atoms with Crippen molar-refractivity contribution in [2.24, 2.45) is 0 Å². The highest BCUT2D eigenvalue weighted by Gasteiger charge is 2.36. The van der Waals surface area contributed by atoms with Crippen molar-refractivity contribution in [3.63, 3.8) is 0 Å². The number of aromatic nitrogens is 2. The molecule has 0 aliphatic heterocycles. The van der Waals surface area contributed by atoms with Gasteiger partial charge in [0.1, 0.15) is 5.56 Å². The molecule has 0 bridgehead atoms. The lowest BCUT2D eigenvalue weighted by Crippen LogP contribution is -2.16. The lowest BCUT2D eigenvalue weighted by atomic mass is 10.3. The van der Waals surface area contributed by atoms with Crippen LogP contribution in [0.1, 0.15) is 5.56 Å². The smallest absolute Gasteiger partial charge is 0.423 e. The third-order valence-corrected chi connectivity index (χ3v) is 3.28. The lowest BCUT2D eigenvalue weighted by Gasteiger charge is -2.19. The van der Waals surface area contributed by atoms with Gasteiger partial charge >= 0.3 is 6.18 Å². The number of hydrogen-bond acceptors (Lipinski definition) is 4. The Kier molecular flexibility index (Phi) is 4.36. The second-order valence-electron chi connectivity index (χ2n) is 4.13. The topological polar surface area (TPSA) is 38.2 Å². The summed E-state index contributed by atoms with van der Waals surface area (Å²) in [7, 11) is 2.80. The zero-order valence-corrected chi connectivity index (χ0v) is 12.7. The average molecular weight is 362 g/mol. The summed E-state index contributed by atoms with van der Waals surface area (Å²) in [5, 5.41) is 0. The fourth-order valence-electron chi connectivity index (χ4n) is 1.65. The van der Waals surface area contributed by atoms with E-state index in [9.17, 15) is 13.2 Å². The fraction of sp³-hybridized carbons (Fsp3) is 0.231. The van der Waals surface area contributed by atoms with Crippen LogP contribution in [0.5, 0.6) is 5.88 Å². The summed E-state index contributed by atoms with van der Waals surface area (Å²) in [6, 6.07) is 7.20. The maximum atomic E-state index is 12.8. The van der Waals surface area contributed by atoms with E-state index >= 15 is 0 Å². The van der Waals surface area contributed by atoms with E-state index in [4.69, 9.17) is 4.74 Å². The molecule has 0 saturated heterocycles. The molecular weight excluding hydrogens is 351 g/mol. The number of alkyl halides is 3. The summed E-state index contributed by atoms with van der Waals surface area (Å²) >= 11 is 3.31. The van der Waals surface area contributed by atoms with Gasteiger partial charge in [0.05, 0.1) is 7.11 Å². The Morgan fingerprint density at radius 2 is 1.81 bits per heavy atom. The van der Waals surface area contributed by atoms with Gasteiger partial charge in [-0.1, -0.05) is 15.9 Å². The Labute approximate surface area is 127 Å². The molecule has 1 heterocycles. The van der Waals surface area contributed by atoms with E-state index in [2.05, 4.69) is 25.9 Å². The number of anilines is 2. The SMILES string of the molecule is COc1nc(N(C)c2ccc(Br)cc2)ncc1C(F)(F)F. The molecule has 0 amide bonds. The van der Waals surface area contributed by atoms with E-state index < -0.39 is 17.6 Å². The Morgan fingerprint density at radius 1 is 1.19 bits per heavy atom. The Hall–Kier alpha value is -1.83. The number of rotatable bonds is 3. The molecule has 0 fully saturated rings. The molecule has 0 unspecified atom stereocenters. The first-order valence-corrected chi connectivity index (χ1v) is 6.59. The van der Waals surface area contributed by atoms with Crippen molar-refractivity contribution in [3.05, 3.63) is 40.5 Å². The number of ether oxygens (including phenoxy) is 1. The molecule has 0 aliphatic rings. The first kappa shape index (κ1) is 15.6. The van der Waals surface area contributed by atoms with Crippen LogP contribution in [0.25, 0.3) is 0 Å². The molecule has 4 nitrogen and oxygen atoms in total. The van der Waals surface area contributed by atoms with Gasteiger partial charge in [-0.3, -0.25) is 0 Å². The molecule has 0 radical (unpaired) electrons. The molecule has 0 aliphatic carbocycles. The van der Waals surface area contributed by atoms with Gasteiger partial charge < -0.3 is 9.64 Å². The second-order valence-corrected chi connectivity index (χ2v) is 5.04. The van der Waals surface area contributed by atoms with Crippen LogP contribution in [0.4, 0.5) is 24.8 Å². The summed E-state index contributed by atoms with van der Waals surface area (Å²) in [4.78, 5) is 9.14. The van der Waals surface area contributed by atoms with Crippen molar-refractivity contribution in [1.82, 2.24) is 9.97 Å². The minimum atomic E-state index is -4.56. The first-order chi connectivity index (χ1) is 9.82. The highest BCUT2D eigenvalue weighted by molar-refractivity contribution is 9.10. The van der Waals surface area contributed by atoms with E-state index in [1.54, 1.807) is 24.1 Å². The van der Waals surface area contributed by atoms with Gasteiger partial charge in [-0.25, -0.2) is 4.98 Å². The van der Waals surface area contributed by atoms with Crippen LogP contribution in [0.3, 0.4) is 0 Å². The molecule has 0 spiro atoms. The molecule has 1 aromatic heterocycles. The molecule has 112 valence electrons. The first-order valence-electron chi connectivity index (χ1n) is 5.80. The van der Waals surface area contributed by atoms with Crippen LogP contribution >= 0.6 is 15.9 Å². The maximum Gasteiger partial charge on any atom is 0.423 e. The molecule has 0 N–H and O–H groups in total. The minimum absolute atomic E-state index is 0.113. The number of halogens is 4. The number of methoxy groups -OCH3 is 1. The molecule has 0 atom stereocenters. The van der Waals surface area contributed by atoms with Gasteiger partial charge in [-0.05, 0) is 24.3 Å². The fourth-order valence-corrected chi connectivity index (χ4v) is 1.91. The minimum Gasteiger partial charge on any atom is -0.480 e. The van der Waals surface area contributed by atoms with Gasteiger partial charge in [0, 0.05) is 23.4 Å². The third kappa shape index (κ3) is 3.44. The molecule has 0 saturated carbocycles. The predicted octanol–water partition coefficient (Wildman–Crippen LogP) is 4.03. The van der Waals surface area contributed by atoms with Crippen LogP contribution in [-0.2, 0) is 6.18 Å². The highest BCUT2D eigenvalue weighted by atomic mass is 79.9. The molecule has 8 heteroatoms. The summed E-state index contributed by atoms with van der Waals surface area (Å²) in [5.41, 5.74) is -0.266. The molecule has 2 rings (SSSR count). The number of hydrogen-bond donors (Lipinski definition) is 0. The summed E-state index contributed by atoms with van der Waals surface area (Å²) < 4.78 is 43.9. The van der Waals surface area contributed by atoms with Crippen LogP contribution in [-0.4, -0.2) is 24.1 Å². The third-order valence-electron chi connectivity index (χ3n) is 2.75. The van der Waals surface area contributed by atoms with Crippen LogP contribution in [0.2, 0.25) is 0 Å².